The Hall–Kier alpha value is -1.03. The van der Waals surface area contributed by atoms with Gasteiger partial charge in [0, 0.05) is 6.54 Å². The first-order chi connectivity index (χ1) is 7.25. The van der Waals surface area contributed by atoms with E-state index in [2.05, 4.69) is 5.10 Å². The molecule has 0 unspecified atom stereocenters. The molecule has 1 aromatic heterocycles. The maximum absolute atomic E-state index is 10.9. The van der Waals surface area contributed by atoms with Gasteiger partial charge in [-0.1, -0.05) is 11.6 Å². The molecule has 0 aliphatic rings. The Morgan fingerprint density at radius 3 is 2.44 bits per heavy atom. The van der Waals surface area contributed by atoms with Crippen molar-refractivity contribution in [2.75, 3.05) is 0 Å². The number of rotatable bonds is 4. The number of halogens is 1. The number of hydrogen-bond acceptors (Lipinski definition) is 2. The van der Waals surface area contributed by atoms with Crippen molar-refractivity contribution >= 4 is 17.6 Å². The summed E-state index contributed by atoms with van der Waals surface area (Å²) in [4.78, 5) is 10.9. The molecule has 0 amide bonds. The number of aliphatic carboxylic acids is 1. The van der Waals surface area contributed by atoms with Crippen LogP contribution in [-0.4, -0.2) is 20.9 Å². The van der Waals surface area contributed by atoms with Gasteiger partial charge in [0.25, 0.3) is 0 Å². The van der Waals surface area contributed by atoms with E-state index in [-0.39, 0.29) is 0 Å². The summed E-state index contributed by atoms with van der Waals surface area (Å²) < 4.78 is 1.77. The molecule has 0 aliphatic carbocycles. The molecule has 0 radical (unpaired) electrons. The normalized spacial score (nSPS) is 11.8. The molecule has 1 N–H and O–H groups in total. The molecule has 1 heterocycles. The molecule has 1 rings (SSSR count). The molecule has 0 bridgehead atoms. The van der Waals surface area contributed by atoms with Crippen LogP contribution in [-0.2, 0) is 11.3 Å². The highest BCUT2D eigenvalue weighted by Crippen LogP contribution is 2.24. The summed E-state index contributed by atoms with van der Waals surface area (Å²) >= 11 is 6.01. The first-order valence-electron chi connectivity index (χ1n) is 5.18. The van der Waals surface area contributed by atoms with Crippen LogP contribution in [0.2, 0.25) is 5.02 Å². The summed E-state index contributed by atoms with van der Waals surface area (Å²) in [6.07, 6.45) is 0.528. The third-order valence-corrected chi connectivity index (χ3v) is 3.37. The van der Waals surface area contributed by atoms with Crippen molar-refractivity contribution in [2.45, 2.75) is 40.7 Å². The van der Waals surface area contributed by atoms with Crippen LogP contribution < -0.4 is 0 Å². The minimum absolute atomic E-state index is 0.528. The van der Waals surface area contributed by atoms with Gasteiger partial charge in [0.05, 0.1) is 21.8 Å². The summed E-state index contributed by atoms with van der Waals surface area (Å²) in [5.74, 6) is -0.792. The van der Waals surface area contributed by atoms with E-state index in [1.807, 2.05) is 13.8 Å². The molecule has 0 atom stereocenters. The lowest BCUT2D eigenvalue weighted by molar-refractivity contribution is -0.147. The van der Waals surface area contributed by atoms with Gasteiger partial charge in [-0.2, -0.15) is 5.10 Å². The fourth-order valence-corrected chi connectivity index (χ4v) is 1.52. The van der Waals surface area contributed by atoms with Gasteiger partial charge in [0.15, 0.2) is 0 Å². The lowest BCUT2D eigenvalue weighted by Gasteiger charge is -2.19. The van der Waals surface area contributed by atoms with E-state index in [9.17, 15) is 4.79 Å². The lowest BCUT2D eigenvalue weighted by atomic mass is 9.90. The summed E-state index contributed by atoms with van der Waals surface area (Å²) in [7, 11) is 0. The summed E-state index contributed by atoms with van der Waals surface area (Å²) in [6.45, 7) is 7.72. The van der Waals surface area contributed by atoms with Crippen LogP contribution in [0.1, 0.15) is 31.7 Å². The van der Waals surface area contributed by atoms with Gasteiger partial charge in [-0.25, -0.2) is 0 Å². The van der Waals surface area contributed by atoms with E-state index in [0.717, 1.165) is 11.4 Å². The SMILES string of the molecule is Cc1nn(CCC(C)(C)C(=O)O)c(C)c1Cl. The van der Waals surface area contributed by atoms with Crippen molar-refractivity contribution in [3.8, 4) is 0 Å². The highest BCUT2D eigenvalue weighted by Gasteiger charge is 2.27. The molecule has 4 nitrogen and oxygen atoms in total. The Morgan fingerprint density at radius 2 is 2.06 bits per heavy atom. The Bertz CT molecular complexity index is 410. The van der Waals surface area contributed by atoms with Crippen molar-refractivity contribution in [3.05, 3.63) is 16.4 Å². The highest BCUT2D eigenvalue weighted by molar-refractivity contribution is 6.31. The molecule has 0 saturated heterocycles. The number of carboxylic acid groups (broad SMARTS) is 1. The maximum Gasteiger partial charge on any atom is 0.309 e. The van der Waals surface area contributed by atoms with Crippen LogP contribution in [0.25, 0.3) is 0 Å². The molecule has 0 saturated carbocycles. The lowest BCUT2D eigenvalue weighted by Crippen LogP contribution is -2.25. The summed E-state index contributed by atoms with van der Waals surface area (Å²) in [5, 5.41) is 13.9. The van der Waals surface area contributed by atoms with E-state index >= 15 is 0 Å². The molecule has 0 aliphatic heterocycles. The van der Waals surface area contributed by atoms with Gasteiger partial charge in [0.1, 0.15) is 0 Å². The molecule has 0 spiro atoms. The first-order valence-corrected chi connectivity index (χ1v) is 5.56. The molecule has 90 valence electrons. The van der Waals surface area contributed by atoms with Crippen molar-refractivity contribution in [2.24, 2.45) is 5.41 Å². The van der Waals surface area contributed by atoms with Crippen LogP contribution in [0.15, 0.2) is 0 Å². The first kappa shape index (κ1) is 13.0. The Labute approximate surface area is 100 Å². The number of nitrogens with zero attached hydrogens (tertiary/aromatic N) is 2. The monoisotopic (exact) mass is 244 g/mol. The predicted molar refractivity (Wildman–Crippen MR) is 62.7 cm³/mol. The highest BCUT2D eigenvalue weighted by atomic mass is 35.5. The van der Waals surface area contributed by atoms with E-state index in [4.69, 9.17) is 16.7 Å². The average molecular weight is 245 g/mol. The molecule has 0 aromatic carbocycles. The minimum Gasteiger partial charge on any atom is -0.481 e. The van der Waals surface area contributed by atoms with E-state index < -0.39 is 11.4 Å². The Kier molecular flexibility index (Phi) is 3.63. The molecule has 0 fully saturated rings. The van der Waals surface area contributed by atoms with Crippen molar-refractivity contribution < 1.29 is 9.90 Å². The largest absolute Gasteiger partial charge is 0.481 e. The van der Waals surface area contributed by atoms with E-state index in [1.165, 1.54) is 0 Å². The van der Waals surface area contributed by atoms with Crippen LogP contribution >= 0.6 is 11.6 Å². The number of hydrogen-bond donors (Lipinski definition) is 1. The van der Waals surface area contributed by atoms with E-state index in [1.54, 1.807) is 18.5 Å². The average Bonchev–Trinajstić information content (AvgIpc) is 2.43. The third kappa shape index (κ3) is 2.55. The molecule has 1 aromatic rings. The predicted octanol–water partition coefficient (Wildman–Crippen LogP) is 2.65. The van der Waals surface area contributed by atoms with Gasteiger partial charge < -0.3 is 5.11 Å². The summed E-state index contributed by atoms with van der Waals surface area (Å²) in [6, 6.07) is 0. The summed E-state index contributed by atoms with van der Waals surface area (Å²) in [5.41, 5.74) is 0.936. The van der Waals surface area contributed by atoms with Crippen LogP contribution in [0.3, 0.4) is 0 Å². The second-order valence-electron chi connectivity index (χ2n) is 4.65. The standard InChI is InChI=1S/C11H17ClN2O2/c1-7-9(12)8(2)14(13-7)6-5-11(3,4)10(15)16/h5-6H2,1-4H3,(H,15,16). The van der Waals surface area contributed by atoms with Crippen molar-refractivity contribution in [1.82, 2.24) is 9.78 Å². The van der Waals surface area contributed by atoms with Crippen molar-refractivity contribution in [1.29, 1.82) is 0 Å². The van der Waals surface area contributed by atoms with Gasteiger partial charge in [-0.05, 0) is 34.1 Å². The molecule has 5 heteroatoms. The quantitative estimate of drug-likeness (QED) is 0.886. The van der Waals surface area contributed by atoms with Crippen LogP contribution in [0, 0.1) is 19.3 Å². The van der Waals surface area contributed by atoms with Gasteiger partial charge in [-0.3, -0.25) is 9.48 Å². The molecule has 16 heavy (non-hydrogen) atoms. The third-order valence-electron chi connectivity index (χ3n) is 2.82. The van der Waals surface area contributed by atoms with Crippen LogP contribution in [0.4, 0.5) is 0 Å². The van der Waals surface area contributed by atoms with Crippen LogP contribution in [0.5, 0.6) is 0 Å². The number of aromatic nitrogens is 2. The fraction of sp³-hybridized carbons (Fsp3) is 0.636. The van der Waals surface area contributed by atoms with Gasteiger partial charge in [0.2, 0.25) is 0 Å². The molecular formula is C11H17ClN2O2. The van der Waals surface area contributed by atoms with Gasteiger partial charge in [-0.15, -0.1) is 0 Å². The second kappa shape index (κ2) is 4.45. The fourth-order valence-electron chi connectivity index (χ4n) is 1.39. The minimum atomic E-state index is -0.792. The Morgan fingerprint density at radius 1 is 1.50 bits per heavy atom. The zero-order valence-corrected chi connectivity index (χ0v) is 10.8. The number of carboxylic acids is 1. The second-order valence-corrected chi connectivity index (χ2v) is 5.02. The maximum atomic E-state index is 10.9. The smallest absolute Gasteiger partial charge is 0.309 e. The topological polar surface area (TPSA) is 55.1 Å². The van der Waals surface area contributed by atoms with Gasteiger partial charge >= 0.3 is 5.97 Å². The van der Waals surface area contributed by atoms with E-state index in [0.29, 0.717) is 18.0 Å². The number of aryl methyl sites for hydroxylation is 2. The molecular weight excluding hydrogens is 228 g/mol. The van der Waals surface area contributed by atoms with Crippen molar-refractivity contribution in [3.63, 3.8) is 0 Å². The zero-order valence-electron chi connectivity index (χ0n) is 10.0. The number of carbonyl (C=O) groups is 1. The Balaban J connectivity index is 2.76. The zero-order chi connectivity index (χ0) is 12.5.